The molecule has 154 valence electrons. The van der Waals surface area contributed by atoms with Crippen molar-refractivity contribution in [3.63, 3.8) is 0 Å². The second-order valence-electron chi connectivity index (χ2n) is 7.07. The van der Waals surface area contributed by atoms with Gasteiger partial charge in [0.2, 0.25) is 5.91 Å². The number of nitrogens with zero attached hydrogens (tertiary/aromatic N) is 3. The van der Waals surface area contributed by atoms with Gasteiger partial charge in [0.05, 0.1) is 7.11 Å². The van der Waals surface area contributed by atoms with Gasteiger partial charge in [-0.1, -0.05) is 6.07 Å². The van der Waals surface area contributed by atoms with Crippen LogP contribution in [0.25, 0.3) is 0 Å². The number of ether oxygens (including phenoxy) is 1. The highest BCUT2D eigenvalue weighted by atomic mass is 16.5. The molecule has 0 atom stereocenters. The first-order valence-electron chi connectivity index (χ1n) is 9.97. The van der Waals surface area contributed by atoms with Gasteiger partial charge < -0.3 is 15.0 Å². The Morgan fingerprint density at radius 2 is 1.86 bits per heavy atom. The Hall–Kier alpha value is -2.93. The topological polar surface area (TPSA) is 74.8 Å². The molecular weight excluding hydrogens is 368 g/mol. The third kappa shape index (κ3) is 6.29. The van der Waals surface area contributed by atoms with Crippen LogP contribution in [0.4, 0.5) is 0 Å². The van der Waals surface area contributed by atoms with Gasteiger partial charge in [-0.15, -0.1) is 0 Å². The smallest absolute Gasteiger partial charge is 0.251 e. The van der Waals surface area contributed by atoms with Crippen molar-refractivity contribution >= 4 is 11.8 Å². The number of rotatable bonds is 8. The van der Waals surface area contributed by atoms with Crippen LogP contribution in [0.5, 0.6) is 5.75 Å². The molecule has 0 unspecified atom stereocenters. The van der Waals surface area contributed by atoms with E-state index in [2.05, 4.69) is 15.2 Å². The maximum absolute atomic E-state index is 12.4. The molecule has 2 aromatic rings. The third-order valence-electron chi connectivity index (χ3n) is 5.14. The summed E-state index contributed by atoms with van der Waals surface area (Å²) in [5, 5.41) is 2.95. The van der Waals surface area contributed by atoms with Crippen molar-refractivity contribution in [3.05, 3.63) is 59.9 Å². The van der Waals surface area contributed by atoms with E-state index in [1.165, 1.54) is 0 Å². The van der Waals surface area contributed by atoms with Crippen molar-refractivity contribution in [1.29, 1.82) is 0 Å². The number of amides is 2. The molecule has 29 heavy (non-hydrogen) atoms. The normalized spacial score (nSPS) is 14.4. The fourth-order valence-electron chi connectivity index (χ4n) is 3.35. The molecule has 3 rings (SSSR count). The number of carbonyl (C=O) groups is 2. The van der Waals surface area contributed by atoms with Gasteiger partial charge in [-0.3, -0.25) is 19.5 Å². The molecule has 1 aliphatic heterocycles. The number of nitrogens with one attached hydrogen (secondary N) is 1. The van der Waals surface area contributed by atoms with Crippen LogP contribution in [0.2, 0.25) is 0 Å². The van der Waals surface area contributed by atoms with Crippen molar-refractivity contribution < 1.29 is 14.3 Å². The molecule has 0 spiro atoms. The molecule has 1 aromatic carbocycles. The molecule has 0 radical (unpaired) electrons. The molecule has 7 heteroatoms. The summed E-state index contributed by atoms with van der Waals surface area (Å²) in [4.78, 5) is 32.9. The van der Waals surface area contributed by atoms with E-state index in [1.807, 2.05) is 23.2 Å². The molecule has 0 bridgehead atoms. The predicted molar refractivity (Wildman–Crippen MR) is 111 cm³/mol. The third-order valence-corrected chi connectivity index (χ3v) is 5.14. The lowest BCUT2D eigenvalue weighted by atomic mass is 10.1. The Labute approximate surface area is 171 Å². The van der Waals surface area contributed by atoms with Gasteiger partial charge in [-0.25, -0.2) is 0 Å². The molecule has 2 heterocycles. The fraction of sp³-hybridized carbons (Fsp3) is 0.409. The van der Waals surface area contributed by atoms with Crippen molar-refractivity contribution in [1.82, 2.24) is 20.1 Å². The summed E-state index contributed by atoms with van der Waals surface area (Å²) in [6.45, 7) is 4.49. The van der Waals surface area contributed by atoms with E-state index >= 15 is 0 Å². The van der Waals surface area contributed by atoms with Gasteiger partial charge >= 0.3 is 0 Å². The number of hydrogen-bond donors (Lipinski definition) is 1. The van der Waals surface area contributed by atoms with Crippen LogP contribution in [-0.4, -0.2) is 73.0 Å². The summed E-state index contributed by atoms with van der Waals surface area (Å²) in [6, 6.07) is 11.0. The first kappa shape index (κ1) is 20.8. The van der Waals surface area contributed by atoms with Gasteiger partial charge in [0.25, 0.3) is 5.91 Å². The van der Waals surface area contributed by atoms with Gasteiger partial charge in [0, 0.05) is 63.6 Å². The summed E-state index contributed by atoms with van der Waals surface area (Å²) < 4.78 is 5.10. The van der Waals surface area contributed by atoms with E-state index in [4.69, 9.17) is 4.74 Å². The lowest BCUT2D eigenvalue weighted by molar-refractivity contribution is -0.132. The van der Waals surface area contributed by atoms with E-state index in [0.717, 1.165) is 50.5 Å². The highest BCUT2D eigenvalue weighted by molar-refractivity contribution is 5.94. The van der Waals surface area contributed by atoms with Crippen LogP contribution in [-0.2, 0) is 11.2 Å². The van der Waals surface area contributed by atoms with E-state index in [-0.39, 0.29) is 11.8 Å². The van der Waals surface area contributed by atoms with Crippen molar-refractivity contribution in [3.8, 4) is 5.75 Å². The van der Waals surface area contributed by atoms with Gasteiger partial charge in [-0.05, 0) is 42.3 Å². The van der Waals surface area contributed by atoms with E-state index in [0.29, 0.717) is 18.5 Å². The number of aryl methyl sites for hydroxylation is 1. The first-order chi connectivity index (χ1) is 14.2. The van der Waals surface area contributed by atoms with Gasteiger partial charge in [0.15, 0.2) is 0 Å². The zero-order valence-corrected chi connectivity index (χ0v) is 16.8. The lowest BCUT2D eigenvalue weighted by Crippen LogP contribution is -2.50. The van der Waals surface area contributed by atoms with Gasteiger partial charge in [-0.2, -0.15) is 0 Å². The Morgan fingerprint density at radius 3 is 2.52 bits per heavy atom. The highest BCUT2D eigenvalue weighted by Gasteiger charge is 2.20. The zero-order valence-electron chi connectivity index (χ0n) is 16.8. The van der Waals surface area contributed by atoms with Gasteiger partial charge in [0.1, 0.15) is 5.75 Å². The summed E-state index contributed by atoms with van der Waals surface area (Å²) in [5.74, 6) is 0.840. The first-order valence-corrected chi connectivity index (χ1v) is 9.97. The standard InChI is InChI=1S/C22H28N4O3/c1-29-20-7-5-19(6-8-20)22(28)24-11-12-25-13-15-26(16-14-25)21(27)9-4-18-3-2-10-23-17-18/h2-3,5-8,10,17H,4,9,11-16H2,1H3,(H,24,28). The number of hydrogen-bond acceptors (Lipinski definition) is 5. The quantitative estimate of drug-likeness (QED) is 0.734. The zero-order chi connectivity index (χ0) is 20.5. The highest BCUT2D eigenvalue weighted by Crippen LogP contribution is 2.11. The lowest BCUT2D eigenvalue weighted by Gasteiger charge is -2.34. The van der Waals surface area contributed by atoms with Crippen LogP contribution in [0.1, 0.15) is 22.3 Å². The molecule has 1 aliphatic rings. The van der Waals surface area contributed by atoms with Crippen LogP contribution in [0, 0.1) is 0 Å². The number of pyridine rings is 1. The average Bonchev–Trinajstić information content (AvgIpc) is 2.78. The minimum Gasteiger partial charge on any atom is -0.497 e. The van der Waals surface area contributed by atoms with E-state index in [9.17, 15) is 9.59 Å². The molecule has 1 saturated heterocycles. The van der Waals surface area contributed by atoms with E-state index in [1.54, 1.807) is 37.6 Å². The van der Waals surface area contributed by atoms with Crippen molar-refractivity contribution in [2.45, 2.75) is 12.8 Å². The SMILES string of the molecule is COc1ccc(C(=O)NCCN2CCN(C(=O)CCc3cccnc3)CC2)cc1. The van der Waals surface area contributed by atoms with Crippen molar-refractivity contribution in [2.75, 3.05) is 46.4 Å². The monoisotopic (exact) mass is 396 g/mol. The largest absolute Gasteiger partial charge is 0.497 e. The summed E-state index contributed by atoms with van der Waals surface area (Å²) >= 11 is 0. The average molecular weight is 396 g/mol. The molecule has 1 aromatic heterocycles. The fourth-order valence-corrected chi connectivity index (χ4v) is 3.35. The Morgan fingerprint density at radius 1 is 1.10 bits per heavy atom. The number of benzene rings is 1. The van der Waals surface area contributed by atoms with Crippen LogP contribution < -0.4 is 10.1 Å². The molecule has 7 nitrogen and oxygen atoms in total. The minimum absolute atomic E-state index is 0.0862. The molecule has 0 saturated carbocycles. The van der Waals surface area contributed by atoms with Crippen LogP contribution in [0.3, 0.4) is 0 Å². The summed E-state index contributed by atoms with van der Waals surface area (Å²) in [7, 11) is 1.60. The molecular formula is C22H28N4O3. The van der Waals surface area contributed by atoms with Crippen LogP contribution >= 0.6 is 0 Å². The number of methoxy groups -OCH3 is 1. The Bertz CT molecular complexity index is 787. The summed E-state index contributed by atoms with van der Waals surface area (Å²) in [5.41, 5.74) is 1.71. The summed E-state index contributed by atoms with van der Waals surface area (Å²) in [6.07, 6.45) is 4.79. The second-order valence-corrected chi connectivity index (χ2v) is 7.07. The second kappa shape index (κ2) is 10.6. The molecule has 0 aliphatic carbocycles. The van der Waals surface area contributed by atoms with E-state index < -0.39 is 0 Å². The Balaban J connectivity index is 1.33. The molecule has 1 N–H and O–H groups in total. The number of piperazine rings is 1. The molecule has 2 amide bonds. The predicted octanol–water partition coefficient (Wildman–Crippen LogP) is 1.60. The maximum Gasteiger partial charge on any atom is 0.251 e. The Kier molecular flexibility index (Phi) is 7.58. The molecule has 1 fully saturated rings. The number of aromatic nitrogens is 1. The van der Waals surface area contributed by atoms with Crippen molar-refractivity contribution in [2.24, 2.45) is 0 Å². The number of carbonyl (C=O) groups excluding carboxylic acids is 2. The van der Waals surface area contributed by atoms with Crippen LogP contribution in [0.15, 0.2) is 48.8 Å². The maximum atomic E-state index is 12.4. The minimum atomic E-state index is -0.0862.